The third-order valence-electron chi connectivity index (χ3n) is 4.85. The Morgan fingerprint density at radius 1 is 0.880 bits per heavy atom. The molecule has 0 fully saturated rings. The van der Waals surface area contributed by atoms with Crippen molar-refractivity contribution in [3.63, 3.8) is 0 Å². The molecule has 5 heteroatoms. The van der Waals surface area contributed by atoms with Gasteiger partial charge in [0, 0.05) is 13.1 Å². The molecule has 0 saturated carbocycles. The van der Waals surface area contributed by atoms with Crippen molar-refractivity contribution in [2.45, 2.75) is 79.1 Å². The third-order valence-corrected chi connectivity index (χ3v) is 5.75. The van der Waals surface area contributed by atoms with E-state index in [1.165, 1.54) is 50.3 Å². The van der Waals surface area contributed by atoms with Crippen molar-refractivity contribution in [1.29, 1.82) is 0 Å². The van der Waals surface area contributed by atoms with Crippen LogP contribution in [0.15, 0.2) is 0 Å². The van der Waals surface area contributed by atoms with Crippen molar-refractivity contribution < 1.29 is 14.7 Å². The van der Waals surface area contributed by atoms with Crippen molar-refractivity contribution in [1.82, 2.24) is 4.90 Å². The van der Waals surface area contributed by atoms with Gasteiger partial charge in [-0.1, -0.05) is 66.2 Å². The summed E-state index contributed by atoms with van der Waals surface area (Å²) in [6.07, 6.45) is 9.33. The molecule has 0 aliphatic rings. The van der Waals surface area contributed by atoms with Crippen LogP contribution in [-0.4, -0.2) is 46.5 Å². The largest absolute Gasteiger partial charge is 0.481 e. The Bertz CT molecular complexity index is 345. The van der Waals surface area contributed by atoms with E-state index < -0.39 is 5.97 Å². The first-order chi connectivity index (χ1) is 12.0. The SMILES string of the molecule is CCCC[C@@H](CC)CN(C[C@H](CC)CCCC)C(=O)CSCC(=O)O. The first-order valence-corrected chi connectivity index (χ1v) is 11.2. The zero-order valence-electron chi connectivity index (χ0n) is 16.8. The minimum atomic E-state index is -0.854. The van der Waals surface area contributed by atoms with Crippen LogP contribution in [0.2, 0.25) is 0 Å². The Morgan fingerprint density at radius 3 is 1.72 bits per heavy atom. The van der Waals surface area contributed by atoms with Crippen molar-refractivity contribution >= 4 is 23.6 Å². The minimum absolute atomic E-state index is 0.000335. The van der Waals surface area contributed by atoms with E-state index in [0.29, 0.717) is 11.8 Å². The number of aliphatic carboxylic acids is 1. The number of unbranched alkanes of at least 4 members (excludes halogenated alkanes) is 2. The van der Waals surface area contributed by atoms with Crippen molar-refractivity contribution in [3.05, 3.63) is 0 Å². The van der Waals surface area contributed by atoms with Gasteiger partial charge >= 0.3 is 5.97 Å². The quantitative estimate of drug-likeness (QED) is 0.410. The number of amides is 1. The van der Waals surface area contributed by atoms with Gasteiger partial charge in [0.2, 0.25) is 5.91 Å². The fraction of sp³-hybridized carbons (Fsp3) is 0.900. The summed E-state index contributed by atoms with van der Waals surface area (Å²) in [5.41, 5.74) is 0. The lowest BCUT2D eigenvalue weighted by Gasteiger charge is -2.30. The van der Waals surface area contributed by atoms with Crippen LogP contribution in [0, 0.1) is 11.8 Å². The summed E-state index contributed by atoms with van der Waals surface area (Å²) in [7, 11) is 0. The number of rotatable bonds is 16. The number of thioether (sulfide) groups is 1. The minimum Gasteiger partial charge on any atom is -0.481 e. The molecule has 2 atom stereocenters. The van der Waals surface area contributed by atoms with Gasteiger partial charge in [0.25, 0.3) is 0 Å². The number of carboxylic acids is 1. The molecule has 0 aliphatic carbocycles. The van der Waals surface area contributed by atoms with Crippen LogP contribution in [0.4, 0.5) is 0 Å². The summed E-state index contributed by atoms with van der Waals surface area (Å²) in [5.74, 6) is 0.638. The van der Waals surface area contributed by atoms with Gasteiger partial charge in [-0.2, -0.15) is 0 Å². The van der Waals surface area contributed by atoms with Crippen LogP contribution in [0.3, 0.4) is 0 Å². The molecule has 1 amide bonds. The third kappa shape index (κ3) is 12.3. The normalized spacial score (nSPS) is 13.4. The maximum Gasteiger partial charge on any atom is 0.313 e. The highest BCUT2D eigenvalue weighted by atomic mass is 32.2. The van der Waals surface area contributed by atoms with E-state index in [4.69, 9.17) is 5.11 Å². The molecule has 0 aromatic rings. The Kier molecular flexibility index (Phi) is 15.1. The summed E-state index contributed by atoms with van der Waals surface area (Å²) in [6, 6.07) is 0. The predicted molar refractivity (Wildman–Crippen MR) is 108 cm³/mol. The Hall–Kier alpha value is -0.710. The Balaban J connectivity index is 4.81. The fourth-order valence-corrected chi connectivity index (χ4v) is 3.69. The average Bonchev–Trinajstić information content (AvgIpc) is 2.59. The summed E-state index contributed by atoms with van der Waals surface area (Å²) in [6.45, 7) is 10.5. The first-order valence-electron chi connectivity index (χ1n) is 10.1. The van der Waals surface area contributed by atoms with Crippen LogP contribution in [0.25, 0.3) is 0 Å². The van der Waals surface area contributed by atoms with Gasteiger partial charge in [0.15, 0.2) is 0 Å². The lowest BCUT2D eigenvalue weighted by Crippen LogP contribution is -2.40. The van der Waals surface area contributed by atoms with Crippen molar-refractivity contribution in [2.24, 2.45) is 11.8 Å². The molecule has 0 rings (SSSR count). The van der Waals surface area contributed by atoms with Crippen molar-refractivity contribution in [2.75, 3.05) is 24.6 Å². The molecule has 148 valence electrons. The highest BCUT2D eigenvalue weighted by Crippen LogP contribution is 2.20. The van der Waals surface area contributed by atoms with E-state index in [0.717, 1.165) is 25.9 Å². The average molecular weight is 374 g/mol. The number of hydrogen-bond donors (Lipinski definition) is 1. The lowest BCUT2D eigenvalue weighted by molar-refractivity contribution is -0.133. The second kappa shape index (κ2) is 15.5. The molecule has 0 radical (unpaired) electrons. The van der Waals surface area contributed by atoms with Crippen LogP contribution in [0.5, 0.6) is 0 Å². The molecule has 0 aliphatic heterocycles. The Labute approximate surface area is 159 Å². The van der Waals surface area contributed by atoms with Gasteiger partial charge in [-0.25, -0.2) is 0 Å². The van der Waals surface area contributed by atoms with Gasteiger partial charge in [-0.05, 0) is 24.7 Å². The maximum absolute atomic E-state index is 12.7. The van der Waals surface area contributed by atoms with Crippen LogP contribution >= 0.6 is 11.8 Å². The molecule has 0 saturated heterocycles. The number of nitrogens with zero attached hydrogens (tertiary/aromatic N) is 1. The summed E-state index contributed by atoms with van der Waals surface area (Å²) < 4.78 is 0. The van der Waals surface area contributed by atoms with Gasteiger partial charge in [0.1, 0.15) is 0 Å². The monoisotopic (exact) mass is 373 g/mol. The van der Waals surface area contributed by atoms with E-state index in [1.54, 1.807) is 0 Å². The second-order valence-corrected chi connectivity index (χ2v) is 8.00. The summed E-state index contributed by atoms with van der Waals surface area (Å²) in [5, 5.41) is 8.78. The van der Waals surface area contributed by atoms with Crippen LogP contribution < -0.4 is 0 Å². The number of carboxylic acid groups (broad SMARTS) is 1. The molecule has 25 heavy (non-hydrogen) atoms. The molecule has 0 heterocycles. The number of carbonyl (C=O) groups is 2. The first kappa shape index (κ1) is 24.3. The van der Waals surface area contributed by atoms with E-state index in [2.05, 4.69) is 27.7 Å². The molecular formula is C20H39NO3S. The van der Waals surface area contributed by atoms with E-state index >= 15 is 0 Å². The van der Waals surface area contributed by atoms with E-state index in [9.17, 15) is 9.59 Å². The van der Waals surface area contributed by atoms with Gasteiger partial charge < -0.3 is 10.0 Å². The van der Waals surface area contributed by atoms with Crippen LogP contribution in [0.1, 0.15) is 79.1 Å². The molecule has 0 spiro atoms. The topological polar surface area (TPSA) is 57.6 Å². The van der Waals surface area contributed by atoms with Gasteiger partial charge in [0.05, 0.1) is 11.5 Å². The maximum atomic E-state index is 12.7. The zero-order chi connectivity index (χ0) is 19.1. The summed E-state index contributed by atoms with van der Waals surface area (Å²) >= 11 is 1.21. The molecule has 0 aromatic heterocycles. The lowest BCUT2D eigenvalue weighted by atomic mass is 9.95. The molecule has 4 nitrogen and oxygen atoms in total. The number of hydrogen-bond acceptors (Lipinski definition) is 3. The Morgan fingerprint density at radius 2 is 1.36 bits per heavy atom. The predicted octanol–water partition coefficient (Wildman–Crippen LogP) is 5.07. The molecule has 0 bridgehead atoms. The smallest absolute Gasteiger partial charge is 0.313 e. The second-order valence-electron chi connectivity index (χ2n) is 7.02. The van der Waals surface area contributed by atoms with E-state index in [-0.39, 0.29) is 17.4 Å². The fourth-order valence-electron chi connectivity index (χ4n) is 3.05. The molecule has 1 N–H and O–H groups in total. The highest BCUT2D eigenvalue weighted by molar-refractivity contribution is 8.00. The number of carbonyl (C=O) groups excluding carboxylic acids is 1. The molecular weight excluding hydrogens is 334 g/mol. The molecule has 0 aromatic carbocycles. The zero-order valence-corrected chi connectivity index (χ0v) is 17.6. The van der Waals surface area contributed by atoms with Crippen LogP contribution in [-0.2, 0) is 9.59 Å². The molecule has 0 unspecified atom stereocenters. The standard InChI is InChI=1S/C20H39NO3S/c1-5-9-11-17(7-3)13-21(14-18(8-4)12-10-6-2)19(22)15-25-16-20(23)24/h17-18H,5-16H2,1-4H3,(H,23,24)/t17-,18-/m1/s1. The van der Waals surface area contributed by atoms with Crippen molar-refractivity contribution in [3.8, 4) is 0 Å². The summed E-state index contributed by atoms with van der Waals surface area (Å²) in [4.78, 5) is 25.4. The van der Waals surface area contributed by atoms with Gasteiger partial charge in [-0.15, -0.1) is 11.8 Å². The highest BCUT2D eigenvalue weighted by Gasteiger charge is 2.21. The van der Waals surface area contributed by atoms with E-state index in [1.807, 2.05) is 4.90 Å². The van der Waals surface area contributed by atoms with Gasteiger partial charge in [-0.3, -0.25) is 9.59 Å².